The maximum absolute atomic E-state index is 12.4. The topological polar surface area (TPSA) is 96.9 Å². The van der Waals surface area contributed by atoms with Crippen LogP contribution in [0.2, 0.25) is 0 Å². The van der Waals surface area contributed by atoms with Crippen molar-refractivity contribution in [3.63, 3.8) is 0 Å². The van der Waals surface area contributed by atoms with Crippen molar-refractivity contribution in [2.24, 2.45) is 0 Å². The third-order valence-electron chi connectivity index (χ3n) is 3.26. The fraction of sp³-hybridized carbons (Fsp3) is 0.462. The van der Waals surface area contributed by atoms with Crippen molar-refractivity contribution in [1.82, 2.24) is 30.0 Å². The number of carbonyl (C=O) groups excluding carboxylic acids is 1. The molecule has 0 bridgehead atoms. The van der Waals surface area contributed by atoms with Crippen LogP contribution in [0.1, 0.15) is 33.9 Å². The van der Waals surface area contributed by atoms with Crippen LogP contribution in [0.25, 0.3) is 0 Å². The molecule has 1 amide bonds. The summed E-state index contributed by atoms with van der Waals surface area (Å²) in [6.45, 7) is 5.03. The number of aryl methyl sites for hydroxylation is 2. The minimum Gasteiger partial charge on any atom is -0.366 e. The number of nitrogens with zero attached hydrogens (tertiary/aromatic N) is 5. The van der Waals surface area contributed by atoms with Crippen molar-refractivity contribution in [2.75, 3.05) is 19.7 Å². The van der Waals surface area contributed by atoms with Gasteiger partial charge in [0.25, 0.3) is 5.91 Å². The van der Waals surface area contributed by atoms with E-state index in [0.717, 1.165) is 11.5 Å². The van der Waals surface area contributed by atoms with Gasteiger partial charge in [-0.25, -0.2) is 9.97 Å². The van der Waals surface area contributed by atoms with E-state index in [2.05, 4.69) is 25.1 Å². The van der Waals surface area contributed by atoms with Gasteiger partial charge in [0.1, 0.15) is 17.6 Å². The van der Waals surface area contributed by atoms with E-state index >= 15 is 0 Å². The lowest BCUT2D eigenvalue weighted by Gasteiger charge is -2.31. The highest BCUT2D eigenvalue weighted by atomic mass is 16.5. The van der Waals surface area contributed by atoms with Gasteiger partial charge < -0.3 is 9.64 Å². The van der Waals surface area contributed by atoms with E-state index in [9.17, 15) is 4.79 Å². The average Bonchev–Trinajstić information content (AvgIpc) is 2.94. The van der Waals surface area contributed by atoms with E-state index in [1.54, 1.807) is 11.1 Å². The molecule has 1 aliphatic heterocycles. The van der Waals surface area contributed by atoms with Gasteiger partial charge in [0, 0.05) is 12.7 Å². The number of aromatic nitrogens is 5. The fourth-order valence-electron chi connectivity index (χ4n) is 2.16. The standard InChI is InChI=1S/C13H16N6O2/c1-8-5-15-10(6-14-8)13(20)19-3-4-21-11(7-19)12-16-9(2)17-18-12/h5-6,11H,3-4,7H2,1-2H3,(H,16,17,18)/t11-/m1/s1. The number of H-pyrrole nitrogens is 1. The second kappa shape index (κ2) is 5.57. The summed E-state index contributed by atoms with van der Waals surface area (Å²) in [5, 5.41) is 6.87. The van der Waals surface area contributed by atoms with Crippen molar-refractivity contribution in [3.05, 3.63) is 35.4 Å². The van der Waals surface area contributed by atoms with E-state index in [0.29, 0.717) is 31.2 Å². The molecule has 2 aromatic rings. The quantitative estimate of drug-likeness (QED) is 0.860. The van der Waals surface area contributed by atoms with Gasteiger partial charge in [-0.15, -0.1) is 0 Å². The molecule has 2 aromatic heterocycles. The first kappa shape index (κ1) is 13.6. The van der Waals surface area contributed by atoms with Gasteiger partial charge in [-0.2, -0.15) is 5.10 Å². The van der Waals surface area contributed by atoms with Crippen LogP contribution in [0.5, 0.6) is 0 Å². The molecule has 3 rings (SSSR count). The number of morpholine rings is 1. The summed E-state index contributed by atoms with van der Waals surface area (Å²) >= 11 is 0. The van der Waals surface area contributed by atoms with E-state index in [1.165, 1.54) is 6.20 Å². The Morgan fingerprint density at radius 3 is 2.90 bits per heavy atom. The number of nitrogens with one attached hydrogen (secondary N) is 1. The van der Waals surface area contributed by atoms with Crippen LogP contribution < -0.4 is 0 Å². The molecule has 1 saturated heterocycles. The van der Waals surface area contributed by atoms with E-state index in [1.807, 2.05) is 13.8 Å². The van der Waals surface area contributed by atoms with Crippen molar-refractivity contribution in [2.45, 2.75) is 20.0 Å². The maximum Gasteiger partial charge on any atom is 0.274 e. The van der Waals surface area contributed by atoms with Crippen LogP contribution in [-0.4, -0.2) is 55.7 Å². The smallest absolute Gasteiger partial charge is 0.274 e. The average molecular weight is 288 g/mol. The van der Waals surface area contributed by atoms with E-state index in [4.69, 9.17) is 4.74 Å². The first-order chi connectivity index (χ1) is 10.1. The van der Waals surface area contributed by atoms with Crippen LogP contribution in [0.15, 0.2) is 12.4 Å². The third-order valence-corrected chi connectivity index (χ3v) is 3.26. The monoisotopic (exact) mass is 288 g/mol. The molecule has 1 atom stereocenters. The van der Waals surface area contributed by atoms with Gasteiger partial charge in [-0.3, -0.25) is 14.9 Å². The highest BCUT2D eigenvalue weighted by molar-refractivity contribution is 5.92. The Bertz CT molecular complexity index is 638. The lowest BCUT2D eigenvalue weighted by Crippen LogP contribution is -2.42. The molecule has 21 heavy (non-hydrogen) atoms. The van der Waals surface area contributed by atoms with Gasteiger partial charge in [0.15, 0.2) is 5.82 Å². The van der Waals surface area contributed by atoms with Gasteiger partial charge in [-0.05, 0) is 13.8 Å². The molecule has 0 aliphatic carbocycles. The SMILES string of the molecule is Cc1cnc(C(=O)N2CCO[C@@H](c3n[nH]c(C)n3)C2)cn1. The van der Waals surface area contributed by atoms with Crippen LogP contribution in [0.3, 0.4) is 0 Å². The Balaban J connectivity index is 1.73. The summed E-state index contributed by atoms with van der Waals surface area (Å²) in [4.78, 5) is 26.6. The second-order valence-corrected chi connectivity index (χ2v) is 4.93. The number of ether oxygens (including phenoxy) is 1. The predicted molar refractivity (Wildman–Crippen MR) is 72.5 cm³/mol. The number of amides is 1. The third kappa shape index (κ3) is 2.89. The van der Waals surface area contributed by atoms with Gasteiger partial charge in [0.05, 0.1) is 25.0 Å². The minimum absolute atomic E-state index is 0.150. The molecule has 0 spiro atoms. The summed E-state index contributed by atoms with van der Waals surface area (Å²) in [6, 6.07) is 0. The zero-order chi connectivity index (χ0) is 14.8. The normalized spacial score (nSPS) is 18.8. The van der Waals surface area contributed by atoms with Crippen molar-refractivity contribution >= 4 is 5.91 Å². The lowest BCUT2D eigenvalue weighted by molar-refractivity contribution is -0.0268. The zero-order valence-corrected chi connectivity index (χ0v) is 11.9. The number of carbonyl (C=O) groups is 1. The molecule has 0 aromatic carbocycles. The van der Waals surface area contributed by atoms with Crippen LogP contribution in [0.4, 0.5) is 0 Å². The fourth-order valence-corrected chi connectivity index (χ4v) is 2.16. The predicted octanol–water partition coefficient (Wildman–Crippen LogP) is 0.425. The van der Waals surface area contributed by atoms with E-state index in [-0.39, 0.29) is 12.0 Å². The number of hydrogen-bond donors (Lipinski definition) is 1. The molecular weight excluding hydrogens is 272 g/mol. The van der Waals surface area contributed by atoms with E-state index < -0.39 is 0 Å². The molecule has 8 nitrogen and oxygen atoms in total. The molecule has 1 aliphatic rings. The van der Waals surface area contributed by atoms with Crippen LogP contribution >= 0.6 is 0 Å². The number of rotatable bonds is 2. The largest absolute Gasteiger partial charge is 0.366 e. The Labute approximate surface area is 121 Å². The number of aromatic amines is 1. The first-order valence-electron chi connectivity index (χ1n) is 6.72. The van der Waals surface area contributed by atoms with Crippen molar-refractivity contribution in [3.8, 4) is 0 Å². The molecule has 1 fully saturated rings. The minimum atomic E-state index is -0.314. The summed E-state index contributed by atoms with van der Waals surface area (Å²) in [5.74, 6) is 1.14. The summed E-state index contributed by atoms with van der Waals surface area (Å²) in [6.07, 6.45) is 2.77. The molecule has 0 radical (unpaired) electrons. The molecule has 0 unspecified atom stereocenters. The molecule has 110 valence electrons. The lowest BCUT2D eigenvalue weighted by atomic mass is 10.2. The summed E-state index contributed by atoms with van der Waals surface area (Å²) in [7, 11) is 0. The second-order valence-electron chi connectivity index (χ2n) is 4.93. The van der Waals surface area contributed by atoms with Crippen LogP contribution in [-0.2, 0) is 4.74 Å². The van der Waals surface area contributed by atoms with Gasteiger partial charge in [0.2, 0.25) is 0 Å². The molecule has 1 N–H and O–H groups in total. The van der Waals surface area contributed by atoms with Gasteiger partial charge >= 0.3 is 0 Å². The number of hydrogen-bond acceptors (Lipinski definition) is 6. The molecule has 0 saturated carbocycles. The van der Waals surface area contributed by atoms with Gasteiger partial charge in [-0.1, -0.05) is 0 Å². The summed E-state index contributed by atoms with van der Waals surface area (Å²) in [5.41, 5.74) is 1.12. The Morgan fingerprint density at radius 1 is 1.38 bits per heavy atom. The maximum atomic E-state index is 12.4. The van der Waals surface area contributed by atoms with Crippen molar-refractivity contribution in [1.29, 1.82) is 0 Å². The summed E-state index contributed by atoms with van der Waals surface area (Å²) < 4.78 is 5.64. The Hall–Kier alpha value is -2.35. The molecule has 8 heteroatoms. The van der Waals surface area contributed by atoms with Crippen molar-refractivity contribution < 1.29 is 9.53 Å². The highest BCUT2D eigenvalue weighted by Crippen LogP contribution is 2.20. The Kier molecular flexibility index (Phi) is 3.61. The highest BCUT2D eigenvalue weighted by Gasteiger charge is 2.29. The molecular formula is C13H16N6O2. The van der Waals surface area contributed by atoms with Crippen LogP contribution in [0, 0.1) is 13.8 Å². The Morgan fingerprint density at radius 2 is 2.24 bits per heavy atom. The first-order valence-corrected chi connectivity index (χ1v) is 6.72. The zero-order valence-electron chi connectivity index (χ0n) is 11.9. The molecule has 3 heterocycles.